The Hall–Kier alpha value is -3.21. The summed E-state index contributed by atoms with van der Waals surface area (Å²) in [5.41, 5.74) is 2.19. The highest BCUT2D eigenvalue weighted by Crippen LogP contribution is 2.33. The molecule has 0 amide bonds. The quantitative estimate of drug-likeness (QED) is 0.689. The molecule has 0 saturated heterocycles. The Labute approximate surface area is 149 Å². The van der Waals surface area contributed by atoms with Gasteiger partial charge < -0.3 is 9.84 Å². The predicted molar refractivity (Wildman–Crippen MR) is 93.9 cm³/mol. The van der Waals surface area contributed by atoms with E-state index in [1.54, 1.807) is 18.2 Å². The summed E-state index contributed by atoms with van der Waals surface area (Å²) >= 11 is 0. The highest BCUT2D eigenvalue weighted by Gasteiger charge is 2.12. The third kappa shape index (κ3) is 4.45. The van der Waals surface area contributed by atoms with Gasteiger partial charge in [-0.25, -0.2) is 8.78 Å². The first kappa shape index (κ1) is 17.6. The first-order valence-corrected chi connectivity index (χ1v) is 7.99. The molecule has 0 aliphatic heterocycles. The highest BCUT2D eigenvalue weighted by atomic mass is 19.1. The fourth-order valence-electron chi connectivity index (χ4n) is 2.66. The number of carboxylic acids is 1. The van der Waals surface area contributed by atoms with Gasteiger partial charge in [0.15, 0.2) is 0 Å². The summed E-state index contributed by atoms with van der Waals surface area (Å²) < 4.78 is 33.1. The van der Waals surface area contributed by atoms with E-state index in [4.69, 9.17) is 9.84 Å². The molecule has 1 N–H and O–H groups in total. The van der Waals surface area contributed by atoms with Crippen molar-refractivity contribution in [2.75, 3.05) is 0 Å². The Kier molecular flexibility index (Phi) is 5.27. The maximum atomic E-state index is 13.6. The zero-order chi connectivity index (χ0) is 18.5. The number of halogens is 2. The van der Waals surface area contributed by atoms with Crippen molar-refractivity contribution in [3.63, 3.8) is 0 Å². The van der Waals surface area contributed by atoms with Gasteiger partial charge in [-0.05, 0) is 41.0 Å². The normalized spacial score (nSPS) is 10.5. The molecular weight excluding hydrogens is 338 g/mol. The van der Waals surface area contributed by atoms with Crippen LogP contribution in [0.5, 0.6) is 5.75 Å². The Morgan fingerprint density at radius 1 is 0.885 bits per heavy atom. The molecule has 0 radical (unpaired) electrons. The largest absolute Gasteiger partial charge is 0.488 e. The first-order chi connectivity index (χ1) is 12.5. The Morgan fingerprint density at radius 2 is 1.58 bits per heavy atom. The van der Waals surface area contributed by atoms with Crippen LogP contribution in [0.15, 0.2) is 66.7 Å². The lowest BCUT2D eigenvalue weighted by molar-refractivity contribution is -0.136. The van der Waals surface area contributed by atoms with E-state index in [9.17, 15) is 13.6 Å². The highest BCUT2D eigenvalue weighted by molar-refractivity contribution is 5.75. The smallest absolute Gasteiger partial charge is 0.307 e. The molecule has 0 aliphatic rings. The van der Waals surface area contributed by atoms with Crippen LogP contribution in [0.1, 0.15) is 11.1 Å². The number of hydrogen-bond acceptors (Lipinski definition) is 2. The average molecular weight is 354 g/mol. The van der Waals surface area contributed by atoms with E-state index in [1.807, 2.05) is 30.3 Å². The van der Waals surface area contributed by atoms with Gasteiger partial charge >= 0.3 is 5.97 Å². The maximum Gasteiger partial charge on any atom is 0.307 e. The molecule has 0 heterocycles. The lowest BCUT2D eigenvalue weighted by atomic mass is 10.00. The summed E-state index contributed by atoms with van der Waals surface area (Å²) in [6.45, 7) is 0.282. The Balaban J connectivity index is 1.98. The fourth-order valence-corrected chi connectivity index (χ4v) is 2.66. The van der Waals surface area contributed by atoms with Crippen LogP contribution >= 0.6 is 0 Å². The van der Waals surface area contributed by atoms with E-state index in [1.165, 1.54) is 12.1 Å². The minimum Gasteiger partial charge on any atom is -0.488 e. The van der Waals surface area contributed by atoms with E-state index in [0.717, 1.165) is 11.6 Å². The lowest BCUT2D eigenvalue weighted by Gasteiger charge is -2.14. The summed E-state index contributed by atoms with van der Waals surface area (Å²) in [6.07, 6.45) is -0.191. The van der Waals surface area contributed by atoms with Crippen LogP contribution in [-0.4, -0.2) is 11.1 Å². The summed E-state index contributed by atoms with van der Waals surface area (Å²) in [5.74, 6) is -1.98. The second-order valence-electron chi connectivity index (χ2n) is 5.83. The van der Waals surface area contributed by atoms with Crippen molar-refractivity contribution in [3.8, 4) is 16.9 Å². The second-order valence-corrected chi connectivity index (χ2v) is 5.83. The molecule has 3 nitrogen and oxygen atoms in total. The summed E-state index contributed by atoms with van der Waals surface area (Å²) in [6, 6.07) is 17.5. The molecule has 0 spiro atoms. The van der Waals surface area contributed by atoms with Crippen molar-refractivity contribution < 1.29 is 23.4 Å². The van der Waals surface area contributed by atoms with Crippen LogP contribution in [0.25, 0.3) is 11.1 Å². The number of aliphatic carboxylic acids is 1. The number of ether oxygens (including phenoxy) is 1. The van der Waals surface area contributed by atoms with Gasteiger partial charge in [0.25, 0.3) is 0 Å². The molecule has 0 bridgehead atoms. The van der Waals surface area contributed by atoms with Crippen molar-refractivity contribution in [1.29, 1.82) is 0 Å². The number of benzene rings is 3. The van der Waals surface area contributed by atoms with Gasteiger partial charge in [0.05, 0.1) is 6.42 Å². The van der Waals surface area contributed by atoms with Gasteiger partial charge in [0, 0.05) is 11.6 Å². The molecular formula is C21H16F2O3. The number of carbonyl (C=O) groups is 1. The van der Waals surface area contributed by atoms with Gasteiger partial charge in [-0.15, -0.1) is 0 Å². The SMILES string of the molecule is O=C(O)Cc1ccc(OCc2ccccc2)c(-c2cc(F)cc(F)c2)c1. The molecule has 0 saturated carbocycles. The minimum absolute atomic E-state index is 0.191. The molecule has 0 aliphatic carbocycles. The molecule has 0 fully saturated rings. The molecule has 3 aromatic rings. The van der Waals surface area contributed by atoms with Gasteiger partial charge in [0.1, 0.15) is 24.0 Å². The third-order valence-corrected chi connectivity index (χ3v) is 3.81. The summed E-state index contributed by atoms with van der Waals surface area (Å²) in [7, 11) is 0. The Bertz CT molecular complexity index is 904. The van der Waals surface area contributed by atoms with Crippen LogP contribution in [0.4, 0.5) is 8.78 Å². The van der Waals surface area contributed by atoms with E-state index in [2.05, 4.69) is 0 Å². The topological polar surface area (TPSA) is 46.5 Å². The van der Waals surface area contributed by atoms with Crippen LogP contribution in [0.3, 0.4) is 0 Å². The monoisotopic (exact) mass is 354 g/mol. The fraction of sp³-hybridized carbons (Fsp3) is 0.0952. The van der Waals surface area contributed by atoms with Gasteiger partial charge in [0.2, 0.25) is 0 Å². The molecule has 5 heteroatoms. The molecule has 26 heavy (non-hydrogen) atoms. The van der Waals surface area contributed by atoms with Crippen molar-refractivity contribution in [3.05, 3.63) is 89.5 Å². The standard InChI is InChI=1S/C21H16F2O3/c22-17-10-16(11-18(23)12-17)19-8-15(9-21(24)25)6-7-20(19)26-13-14-4-2-1-3-5-14/h1-8,10-12H,9,13H2,(H,24,25). The molecule has 0 aromatic heterocycles. The van der Waals surface area contributed by atoms with E-state index in [0.29, 0.717) is 16.9 Å². The van der Waals surface area contributed by atoms with Crippen LogP contribution in [0, 0.1) is 11.6 Å². The van der Waals surface area contributed by atoms with Crippen molar-refractivity contribution >= 4 is 5.97 Å². The van der Waals surface area contributed by atoms with Gasteiger partial charge in [-0.1, -0.05) is 36.4 Å². The average Bonchev–Trinajstić information content (AvgIpc) is 2.60. The Morgan fingerprint density at radius 3 is 2.23 bits per heavy atom. The third-order valence-electron chi connectivity index (χ3n) is 3.81. The lowest BCUT2D eigenvalue weighted by Crippen LogP contribution is -2.02. The van der Waals surface area contributed by atoms with E-state index >= 15 is 0 Å². The summed E-state index contributed by atoms with van der Waals surface area (Å²) in [5, 5.41) is 8.99. The maximum absolute atomic E-state index is 13.6. The van der Waals surface area contributed by atoms with Crippen molar-refractivity contribution in [2.24, 2.45) is 0 Å². The first-order valence-electron chi connectivity index (χ1n) is 7.99. The van der Waals surface area contributed by atoms with Crippen LogP contribution in [-0.2, 0) is 17.8 Å². The number of carboxylic acid groups (broad SMARTS) is 1. The number of rotatable bonds is 6. The van der Waals surface area contributed by atoms with Gasteiger partial charge in [-0.3, -0.25) is 4.79 Å². The predicted octanol–water partition coefficient (Wildman–Crippen LogP) is 4.84. The van der Waals surface area contributed by atoms with Crippen LogP contribution in [0.2, 0.25) is 0 Å². The molecule has 3 aromatic carbocycles. The second kappa shape index (κ2) is 7.78. The number of hydrogen-bond donors (Lipinski definition) is 1. The van der Waals surface area contributed by atoms with Crippen LogP contribution < -0.4 is 4.74 Å². The molecule has 132 valence electrons. The zero-order valence-electron chi connectivity index (χ0n) is 13.8. The summed E-state index contributed by atoms with van der Waals surface area (Å²) in [4.78, 5) is 11.0. The minimum atomic E-state index is -0.987. The molecule has 0 unspecified atom stereocenters. The van der Waals surface area contributed by atoms with E-state index < -0.39 is 17.6 Å². The van der Waals surface area contributed by atoms with Crippen molar-refractivity contribution in [2.45, 2.75) is 13.0 Å². The molecule has 3 rings (SSSR count). The van der Waals surface area contributed by atoms with E-state index in [-0.39, 0.29) is 18.6 Å². The van der Waals surface area contributed by atoms with Gasteiger partial charge in [-0.2, -0.15) is 0 Å². The molecule has 0 atom stereocenters. The zero-order valence-corrected chi connectivity index (χ0v) is 13.8. The van der Waals surface area contributed by atoms with Crippen molar-refractivity contribution in [1.82, 2.24) is 0 Å².